The third kappa shape index (κ3) is 3.86. The molecule has 0 aliphatic carbocycles. The second kappa shape index (κ2) is 6.01. The van der Waals surface area contributed by atoms with Crippen molar-refractivity contribution in [1.29, 1.82) is 0 Å². The summed E-state index contributed by atoms with van der Waals surface area (Å²) < 4.78 is 22.5. The molecule has 0 saturated carbocycles. The van der Waals surface area contributed by atoms with Gasteiger partial charge in [-0.05, 0) is 35.9 Å². The standard InChI is InChI=1S/C13H12Cl2N2O2S/c14-12-5-4-9(6-13(12)15)8-17-10-2-1-3-11(7-10)20(16,18)19/h1-7,17H,8H2,(H2,16,18,19). The summed E-state index contributed by atoms with van der Waals surface area (Å²) >= 11 is 11.8. The highest BCUT2D eigenvalue weighted by Crippen LogP contribution is 2.23. The van der Waals surface area contributed by atoms with Crippen LogP contribution in [0.5, 0.6) is 0 Å². The Morgan fingerprint density at radius 2 is 1.80 bits per heavy atom. The molecule has 7 heteroatoms. The van der Waals surface area contributed by atoms with Crippen LogP contribution in [0.25, 0.3) is 0 Å². The quantitative estimate of drug-likeness (QED) is 0.903. The number of nitrogens with two attached hydrogens (primary N) is 1. The van der Waals surface area contributed by atoms with Crippen molar-refractivity contribution in [2.75, 3.05) is 5.32 Å². The lowest BCUT2D eigenvalue weighted by molar-refractivity contribution is 0.598. The Bertz CT molecular complexity index is 733. The number of hydrogen-bond acceptors (Lipinski definition) is 3. The number of primary sulfonamides is 1. The number of hydrogen-bond donors (Lipinski definition) is 2. The van der Waals surface area contributed by atoms with Crippen LogP contribution in [0.4, 0.5) is 5.69 Å². The molecule has 0 bridgehead atoms. The van der Waals surface area contributed by atoms with Gasteiger partial charge in [-0.15, -0.1) is 0 Å². The first-order valence-electron chi connectivity index (χ1n) is 5.67. The molecule has 0 radical (unpaired) electrons. The average molecular weight is 331 g/mol. The van der Waals surface area contributed by atoms with E-state index in [0.717, 1.165) is 5.56 Å². The maximum absolute atomic E-state index is 11.3. The van der Waals surface area contributed by atoms with Crippen molar-refractivity contribution in [2.24, 2.45) is 5.14 Å². The average Bonchev–Trinajstić information content (AvgIpc) is 2.39. The van der Waals surface area contributed by atoms with Gasteiger partial charge >= 0.3 is 0 Å². The number of benzene rings is 2. The number of halogens is 2. The van der Waals surface area contributed by atoms with Crippen LogP contribution in [-0.2, 0) is 16.6 Å². The van der Waals surface area contributed by atoms with Gasteiger partial charge in [-0.1, -0.05) is 35.3 Å². The molecule has 20 heavy (non-hydrogen) atoms. The van der Waals surface area contributed by atoms with Crippen molar-refractivity contribution in [1.82, 2.24) is 0 Å². The van der Waals surface area contributed by atoms with E-state index in [9.17, 15) is 8.42 Å². The lowest BCUT2D eigenvalue weighted by Gasteiger charge is -2.08. The Hall–Kier alpha value is -1.27. The van der Waals surface area contributed by atoms with E-state index >= 15 is 0 Å². The summed E-state index contributed by atoms with van der Waals surface area (Å²) in [6.45, 7) is 0.491. The Labute approximate surface area is 127 Å². The van der Waals surface area contributed by atoms with Gasteiger partial charge in [-0.2, -0.15) is 0 Å². The van der Waals surface area contributed by atoms with Gasteiger partial charge in [-0.25, -0.2) is 13.6 Å². The van der Waals surface area contributed by atoms with Crippen molar-refractivity contribution in [3.63, 3.8) is 0 Å². The zero-order valence-electron chi connectivity index (χ0n) is 10.3. The molecular weight excluding hydrogens is 319 g/mol. The monoisotopic (exact) mass is 330 g/mol. The fourth-order valence-corrected chi connectivity index (χ4v) is 2.52. The molecule has 0 fully saturated rings. The minimum absolute atomic E-state index is 0.0663. The van der Waals surface area contributed by atoms with E-state index in [-0.39, 0.29) is 4.90 Å². The predicted molar refractivity (Wildman–Crippen MR) is 81.6 cm³/mol. The van der Waals surface area contributed by atoms with E-state index < -0.39 is 10.0 Å². The highest BCUT2D eigenvalue weighted by molar-refractivity contribution is 7.89. The molecule has 2 aromatic carbocycles. The van der Waals surface area contributed by atoms with Crippen LogP contribution in [-0.4, -0.2) is 8.42 Å². The molecule has 0 aliphatic heterocycles. The van der Waals surface area contributed by atoms with Gasteiger partial charge in [-0.3, -0.25) is 0 Å². The van der Waals surface area contributed by atoms with Crippen LogP contribution < -0.4 is 10.5 Å². The fourth-order valence-electron chi connectivity index (χ4n) is 1.64. The molecule has 2 rings (SSSR count). The van der Waals surface area contributed by atoms with Crippen molar-refractivity contribution in [2.45, 2.75) is 11.4 Å². The molecule has 0 amide bonds. The van der Waals surface area contributed by atoms with Gasteiger partial charge in [0.05, 0.1) is 14.9 Å². The van der Waals surface area contributed by atoms with Gasteiger partial charge in [0.25, 0.3) is 0 Å². The molecule has 0 saturated heterocycles. The van der Waals surface area contributed by atoms with Crippen LogP contribution in [0.2, 0.25) is 10.0 Å². The molecule has 0 spiro atoms. The van der Waals surface area contributed by atoms with E-state index in [4.69, 9.17) is 28.3 Å². The summed E-state index contributed by atoms with van der Waals surface area (Å²) in [5.41, 5.74) is 1.59. The summed E-state index contributed by atoms with van der Waals surface area (Å²) in [6.07, 6.45) is 0. The largest absolute Gasteiger partial charge is 0.381 e. The lowest BCUT2D eigenvalue weighted by Crippen LogP contribution is -2.12. The van der Waals surface area contributed by atoms with Crippen molar-refractivity contribution < 1.29 is 8.42 Å². The molecule has 4 nitrogen and oxygen atoms in total. The van der Waals surface area contributed by atoms with Gasteiger partial charge in [0.15, 0.2) is 0 Å². The van der Waals surface area contributed by atoms with Gasteiger partial charge in [0, 0.05) is 12.2 Å². The second-order valence-electron chi connectivity index (χ2n) is 4.17. The molecule has 0 atom stereocenters. The lowest BCUT2D eigenvalue weighted by atomic mass is 10.2. The Balaban J connectivity index is 2.13. The van der Waals surface area contributed by atoms with Crippen LogP contribution in [0.1, 0.15) is 5.56 Å². The molecule has 0 unspecified atom stereocenters. The summed E-state index contributed by atoms with van der Waals surface area (Å²) in [6, 6.07) is 11.6. The number of sulfonamides is 1. The smallest absolute Gasteiger partial charge is 0.238 e. The third-order valence-electron chi connectivity index (χ3n) is 2.64. The van der Waals surface area contributed by atoms with Gasteiger partial charge in [0.2, 0.25) is 10.0 Å². The molecule has 3 N–H and O–H groups in total. The molecule has 0 aromatic heterocycles. The molecular formula is C13H12Cl2N2O2S. The molecule has 0 aliphatic rings. The summed E-state index contributed by atoms with van der Waals surface area (Å²) in [4.78, 5) is 0.0663. The normalized spacial score (nSPS) is 11.3. The molecule has 0 heterocycles. The maximum atomic E-state index is 11.3. The maximum Gasteiger partial charge on any atom is 0.238 e. The summed E-state index contributed by atoms with van der Waals surface area (Å²) in [5, 5.41) is 9.15. The van der Waals surface area contributed by atoms with Crippen molar-refractivity contribution >= 4 is 38.9 Å². The zero-order chi connectivity index (χ0) is 14.8. The van der Waals surface area contributed by atoms with E-state index in [1.807, 2.05) is 6.07 Å². The van der Waals surface area contributed by atoms with Crippen LogP contribution in [0.3, 0.4) is 0 Å². The Morgan fingerprint density at radius 1 is 1.05 bits per heavy atom. The van der Waals surface area contributed by atoms with Crippen LogP contribution in [0, 0.1) is 0 Å². The van der Waals surface area contributed by atoms with Crippen LogP contribution >= 0.6 is 23.2 Å². The van der Waals surface area contributed by atoms with E-state index in [1.54, 1.807) is 24.3 Å². The molecule has 2 aromatic rings. The van der Waals surface area contributed by atoms with E-state index in [0.29, 0.717) is 22.3 Å². The second-order valence-corrected chi connectivity index (χ2v) is 6.55. The van der Waals surface area contributed by atoms with E-state index in [1.165, 1.54) is 12.1 Å². The topological polar surface area (TPSA) is 72.2 Å². The predicted octanol–water partition coefficient (Wildman–Crippen LogP) is 3.25. The number of rotatable bonds is 4. The first-order valence-corrected chi connectivity index (χ1v) is 7.97. The number of nitrogens with one attached hydrogen (secondary N) is 1. The van der Waals surface area contributed by atoms with E-state index in [2.05, 4.69) is 5.32 Å². The van der Waals surface area contributed by atoms with Crippen LogP contribution in [0.15, 0.2) is 47.4 Å². The number of anilines is 1. The van der Waals surface area contributed by atoms with Gasteiger partial charge in [0.1, 0.15) is 0 Å². The highest BCUT2D eigenvalue weighted by Gasteiger charge is 2.07. The summed E-state index contributed by atoms with van der Waals surface area (Å²) in [7, 11) is -3.70. The minimum Gasteiger partial charge on any atom is -0.381 e. The SMILES string of the molecule is NS(=O)(=O)c1cccc(NCc2ccc(Cl)c(Cl)c2)c1. The first kappa shape index (κ1) is 15.1. The summed E-state index contributed by atoms with van der Waals surface area (Å²) in [5.74, 6) is 0. The Morgan fingerprint density at radius 3 is 2.45 bits per heavy atom. The fraction of sp³-hybridized carbons (Fsp3) is 0.0769. The first-order chi connectivity index (χ1) is 9.36. The minimum atomic E-state index is -3.70. The Kier molecular flexibility index (Phi) is 4.55. The molecule has 106 valence electrons. The van der Waals surface area contributed by atoms with Crippen molar-refractivity contribution in [3.05, 3.63) is 58.1 Å². The van der Waals surface area contributed by atoms with Gasteiger partial charge < -0.3 is 5.32 Å². The zero-order valence-corrected chi connectivity index (χ0v) is 12.6. The third-order valence-corrected chi connectivity index (χ3v) is 4.29. The van der Waals surface area contributed by atoms with Crippen molar-refractivity contribution in [3.8, 4) is 0 Å². The highest BCUT2D eigenvalue weighted by atomic mass is 35.5.